The average Bonchev–Trinajstić information content (AvgIpc) is 2.97. The van der Waals surface area contributed by atoms with Crippen molar-refractivity contribution in [2.75, 3.05) is 11.9 Å². The van der Waals surface area contributed by atoms with E-state index in [1.807, 2.05) is 31.2 Å². The van der Waals surface area contributed by atoms with Gasteiger partial charge in [0, 0.05) is 18.9 Å². The summed E-state index contributed by atoms with van der Waals surface area (Å²) in [5.74, 6) is 0.733. The molecule has 6 heteroatoms. The van der Waals surface area contributed by atoms with Gasteiger partial charge in [0.2, 0.25) is 0 Å². The SMILES string of the molecule is Cc1cc(C(=O)NCc2cccc(OCCCCCCCBr)c2)n(C)n1. The Morgan fingerprint density at radius 3 is 2.69 bits per heavy atom. The van der Waals surface area contributed by atoms with Gasteiger partial charge < -0.3 is 10.1 Å². The van der Waals surface area contributed by atoms with Crippen LogP contribution in [0.5, 0.6) is 5.75 Å². The van der Waals surface area contributed by atoms with Gasteiger partial charge in [-0.25, -0.2) is 0 Å². The van der Waals surface area contributed by atoms with Crippen LogP contribution in [0.1, 0.15) is 53.8 Å². The van der Waals surface area contributed by atoms with E-state index in [9.17, 15) is 4.79 Å². The lowest BCUT2D eigenvalue weighted by Gasteiger charge is -2.09. The molecule has 0 spiro atoms. The van der Waals surface area contributed by atoms with E-state index in [1.165, 1.54) is 25.7 Å². The predicted molar refractivity (Wildman–Crippen MR) is 108 cm³/mol. The summed E-state index contributed by atoms with van der Waals surface area (Å²) in [5.41, 5.74) is 2.42. The lowest BCUT2D eigenvalue weighted by Crippen LogP contribution is -2.25. The van der Waals surface area contributed by atoms with E-state index in [0.29, 0.717) is 12.2 Å². The predicted octanol–water partition coefficient (Wildman–Crippen LogP) is 4.38. The maximum absolute atomic E-state index is 12.2. The Hall–Kier alpha value is -1.82. The van der Waals surface area contributed by atoms with Crippen LogP contribution >= 0.6 is 15.9 Å². The summed E-state index contributed by atoms with van der Waals surface area (Å²) in [6.07, 6.45) is 6.05. The Labute approximate surface area is 164 Å². The summed E-state index contributed by atoms with van der Waals surface area (Å²) >= 11 is 3.45. The zero-order valence-corrected chi connectivity index (χ0v) is 17.2. The third kappa shape index (κ3) is 6.83. The monoisotopic (exact) mass is 421 g/mol. The molecule has 0 saturated heterocycles. The number of unbranched alkanes of at least 4 members (excludes halogenated alkanes) is 4. The highest BCUT2D eigenvalue weighted by Gasteiger charge is 2.11. The molecule has 0 radical (unpaired) electrons. The quantitative estimate of drug-likeness (QED) is 0.432. The van der Waals surface area contributed by atoms with E-state index < -0.39 is 0 Å². The lowest BCUT2D eigenvalue weighted by atomic mass is 10.2. The second-order valence-electron chi connectivity index (χ2n) is 6.43. The summed E-state index contributed by atoms with van der Waals surface area (Å²) in [6.45, 7) is 3.07. The fourth-order valence-electron chi connectivity index (χ4n) is 2.76. The fraction of sp³-hybridized carbons (Fsp3) is 0.500. The second kappa shape index (κ2) is 11.0. The van der Waals surface area contributed by atoms with Crippen molar-refractivity contribution in [3.63, 3.8) is 0 Å². The van der Waals surface area contributed by atoms with Crippen LogP contribution in [0.15, 0.2) is 30.3 Å². The minimum atomic E-state index is -0.122. The van der Waals surface area contributed by atoms with E-state index in [-0.39, 0.29) is 5.91 Å². The maximum atomic E-state index is 12.2. The number of rotatable bonds is 11. The number of alkyl halides is 1. The van der Waals surface area contributed by atoms with Crippen LogP contribution < -0.4 is 10.1 Å². The summed E-state index contributed by atoms with van der Waals surface area (Å²) in [4.78, 5) is 12.2. The number of nitrogens with one attached hydrogen (secondary N) is 1. The van der Waals surface area contributed by atoms with Gasteiger partial charge in [0.1, 0.15) is 11.4 Å². The standard InChI is InChI=1S/C20H28BrN3O2/c1-16-13-19(24(2)23-16)20(25)22-15-17-9-8-10-18(14-17)26-12-7-5-3-4-6-11-21/h8-10,13-14H,3-7,11-12,15H2,1-2H3,(H,22,25). The lowest BCUT2D eigenvalue weighted by molar-refractivity contribution is 0.0941. The smallest absolute Gasteiger partial charge is 0.269 e. The zero-order valence-electron chi connectivity index (χ0n) is 15.6. The van der Waals surface area contributed by atoms with E-state index in [1.54, 1.807) is 17.8 Å². The van der Waals surface area contributed by atoms with E-state index in [2.05, 4.69) is 26.3 Å². The first-order valence-electron chi connectivity index (χ1n) is 9.16. The van der Waals surface area contributed by atoms with E-state index in [0.717, 1.165) is 35.4 Å². The van der Waals surface area contributed by atoms with Crippen LogP contribution in [0.25, 0.3) is 0 Å². The van der Waals surface area contributed by atoms with Crippen LogP contribution in [0, 0.1) is 6.92 Å². The molecule has 1 aromatic heterocycles. The summed E-state index contributed by atoms with van der Waals surface area (Å²) in [6, 6.07) is 9.68. The molecule has 142 valence electrons. The van der Waals surface area contributed by atoms with Crippen molar-refractivity contribution in [3.05, 3.63) is 47.3 Å². The third-order valence-corrected chi connectivity index (χ3v) is 4.69. The molecular weight excluding hydrogens is 394 g/mol. The van der Waals surface area contributed by atoms with Gasteiger partial charge in [-0.15, -0.1) is 0 Å². The number of carbonyl (C=O) groups excluding carboxylic acids is 1. The molecule has 26 heavy (non-hydrogen) atoms. The normalized spacial score (nSPS) is 10.7. The summed E-state index contributed by atoms with van der Waals surface area (Å²) in [7, 11) is 1.77. The molecule has 1 aromatic carbocycles. The Bertz CT molecular complexity index is 700. The molecule has 1 amide bonds. The number of nitrogens with zero attached hydrogens (tertiary/aromatic N) is 2. The molecule has 0 aliphatic rings. The van der Waals surface area contributed by atoms with Gasteiger partial charge in [-0.1, -0.05) is 47.3 Å². The van der Waals surface area contributed by atoms with E-state index >= 15 is 0 Å². The molecule has 0 fully saturated rings. The van der Waals surface area contributed by atoms with Crippen molar-refractivity contribution in [2.45, 2.75) is 45.6 Å². The highest BCUT2D eigenvalue weighted by atomic mass is 79.9. The molecule has 0 unspecified atom stereocenters. The molecule has 1 heterocycles. The first-order valence-corrected chi connectivity index (χ1v) is 10.3. The molecule has 1 N–H and O–H groups in total. The van der Waals surface area contributed by atoms with Crippen LogP contribution in [0.3, 0.4) is 0 Å². The molecule has 0 aliphatic carbocycles. The summed E-state index contributed by atoms with van der Waals surface area (Å²) in [5, 5.41) is 8.22. The number of benzene rings is 1. The van der Waals surface area contributed by atoms with Crippen molar-refractivity contribution in [1.82, 2.24) is 15.1 Å². The molecule has 2 aromatic rings. The number of aromatic nitrogens is 2. The van der Waals surface area contributed by atoms with Gasteiger partial charge in [-0.3, -0.25) is 9.48 Å². The van der Waals surface area contributed by atoms with Gasteiger partial charge >= 0.3 is 0 Å². The van der Waals surface area contributed by atoms with Crippen LogP contribution in [-0.4, -0.2) is 27.6 Å². The second-order valence-corrected chi connectivity index (χ2v) is 7.22. The minimum Gasteiger partial charge on any atom is -0.494 e. The Balaban J connectivity index is 1.74. The molecule has 0 bridgehead atoms. The molecule has 5 nitrogen and oxygen atoms in total. The van der Waals surface area contributed by atoms with Crippen molar-refractivity contribution in [3.8, 4) is 5.75 Å². The van der Waals surface area contributed by atoms with Gasteiger partial charge in [0.05, 0.1) is 12.3 Å². The number of ether oxygens (including phenoxy) is 1. The number of amides is 1. The first kappa shape index (κ1) is 20.5. The van der Waals surface area contributed by atoms with Gasteiger partial charge in [0.15, 0.2) is 0 Å². The average molecular weight is 422 g/mol. The number of hydrogen-bond donors (Lipinski definition) is 1. The van der Waals surface area contributed by atoms with E-state index in [4.69, 9.17) is 4.74 Å². The highest BCUT2D eigenvalue weighted by molar-refractivity contribution is 9.09. The molecule has 2 rings (SSSR count). The topological polar surface area (TPSA) is 56.1 Å². The summed E-state index contributed by atoms with van der Waals surface area (Å²) < 4.78 is 7.43. The van der Waals surface area contributed by atoms with Crippen molar-refractivity contribution in [2.24, 2.45) is 7.05 Å². The van der Waals surface area contributed by atoms with Gasteiger partial charge in [-0.2, -0.15) is 5.10 Å². The molecular formula is C20H28BrN3O2. The highest BCUT2D eigenvalue weighted by Crippen LogP contribution is 2.14. The van der Waals surface area contributed by atoms with Crippen molar-refractivity contribution < 1.29 is 9.53 Å². The largest absolute Gasteiger partial charge is 0.494 e. The molecule has 0 aliphatic heterocycles. The number of aryl methyl sites for hydroxylation is 2. The Kier molecular flexibility index (Phi) is 8.68. The number of hydrogen-bond acceptors (Lipinski definition) is 3. The maximum Gasteiger partial charge on any atom is 0.269 e. The van der Waals surface area contributed by atoms with Crippen molar-refractivity contribution >= 4 is 21.8 Å². The van der Waals surface area contributed by atoms with Crippen LogP contribution in [-0.2, 0) is 13.6 Å². The first-order chi connectivity index (χ1) is 12.6. The van der Waals surface area contributed by atoms with Crippen molar-refractivity contribution in [1.29, 1.82) is 0 Å². The van der Waals surface area contributed by atoms with Crippen LogP contribution in [0.2, 0.25) is 0 Å². The number of halogens is 1. The molecule has 0 atom stereocenters. The van der Waals surface area contributed by atoms with Gasteiger partial charge in [0.25, 0.3) is 5.91 Å². The number of carbonyl (C=O) groups is 1. The zero-order chi connectivity index (χ0) is 18.8. The molecule has 0 saturated carbocycles. The minimum absolute atomic E-state index is 0.122. The Morgan fingerprint density at radius 2 is 1.96 bits per heavy atom. The fourth-order valence-corrected chi connectivity index (χ4v) is 3.15. The third-order valence-electron chi connectivity index (χ3n) is 4.13. The van der Waals surface area contributed by atoms with Gasteiger partial charge in [-0.05, 0) is 43.5 Å². The van der Waals surface area contributed by atoms with Crippen LogP contribution in [0.4, 0.5) is 0 Å². The Morgan fingerprint density at radius 1 is 1.19 bits per heavy atom.